The average Bonchev–Trinajstić information content (AvgIpc) is 2.63. The van der Waals surface area contributed by atoms with E-state index in [2.05, 4.69) is 17.8 Å². The van der Waals surface area contributed by atoms with Crippen LogP contribution >= 0.6 is 0 Å². The highest BCUT2D eigenvalue weighted by Gasteiger charge is 2.36. The maximum Gasteiger partial charge on any atom is 0.230 e. The van der Waals surface area contributed by atoms with Gasteiger partial charge in [0.25, 0.3) is 0 Å². The van der Waals surface area contributed by atoms with Gasteiger partial charge in [-0.25, -0.2) is 0 Å². The van der Waals surface area contributed by atoms with E-state index in [4.69, 9.17) is 15.9 Å². The Morgan fingerprint density at radius 1 is 1.47 bits per heavy atom. The second-order valence-corrected chi connectivity index (χ2v) is 3.51. The molecule has 1 fully saturated rings. The van der Waals surface area contributed by atoms with Crippen LogP contribution in [0.2, 0.25) is 0 Å². The average molecular weight is 200 g/mol. The van der Waals surface area contributed by atoms with Crippen molar-refractivity contribution in [1.29, 1.82) is 0 Å². The number of terminal acetylenes is 1. The summed E-state index contributed by atoms with van der Waals surface area (Å²) < 4.78 is 11.3. The Labute approximate surface area is 90.0 Å². The van der Waals surface area contributed by atoms with Gasteiger partial charge in [-0.3, -0.25) is 0 Å². The molecule has 76 valence electrons. The molecule has 0 saturated carbocycles. The van der Waals surface area contributed by atoms with Crippen molar-refractivity contribution in [3.8, 4) is 24.2 Å². The van der Waals surface area contributed by atoms with Crippen molar-refractivity contribution in [3.05, 3.63) is 24.0 Å². The summed E-state index contributed by atoms with van der Waals surface area (Å²) in [6, 6.07) is 0. The van der Waals surface area contributed by atoms with Crippen molar-refractivity contribution < 1.29 is 9.47 Å². The number of hydrogen-bond donors (Lipinski definition) is 0. The zero-order valence-corrected chi connectivity index (χ0v) is 8.45. The van der Waals surface area contributed by atoms with Gasteiger partial charge in [0.05, 0.1) is 6.61 Å². The Hall–Kier alpha value is -1.64. The van der Waals surface area contributed by atoms with Crippen molar-refractivity contribution in [1.82, 2.24) is 0 Å². The molecule has 2 heteroatoms. The molecule has 1 spiro atoms. The van der Waals surface area contributed by atoms with E-state index < -0.39 is 5.79 Å². The lowest BCUT2D eigenvalue weighted by atomic mass is 10.1. The smallest absolute Gasteiger partial charge is 0.230 e. The van der Waals surface area contributed by atoms with Gasteiger partial charge >= 0.3 is 0 Å². The number of allylic oxidation sites excluding steroid dienone is 2. The molecule has 0 N–H and O–H groups in total. The molecule has 2 rings (SSSR count). The van der Waals surface area contributed by atoms with Crippen LogP contribution in [0.15, 0.2) is 24.0 Å². The molecule has 2 nitrogen and oxygen atoms in total. The second-order valence-electron chi connectivity index (χ2n) is 3.51. The van der Waals surface area contributed by atoms with Crippen molar-refractivity contribution in [2.24, 2.45) is 0 Å². The van der Waals surface area contributed by atoms with Gasteiger partial charge in [0.15, 0.2) is 0 Å². The fourth-order valence-electron chi connectivity index (χ4n) is 1.71. The quantitative estimate of drug-likeness (QED) is 0.557. The lowest BCUT2D eigenvalue weighted by Gasteiger charge is -2.31. The number of ether oxygens (including phenoxy) is 2. The predicted octanol–water partition coefficient (Wildman–Crippen LogP) is 1.99. The van der Waals surface area contributed by atoms with Crippen LogP contribution in [0.4, 0.5) is 0 Å². The third-order valence-electron chi connectivity index (χ3n) is 2.42. The minimum atomic E-state index is -0.526. The maximum absolute atomic E-state index is 5.69. The molecule has 2 aliphatic heterocycles. The summed E-state index contributed by atoms with van der Waals surface area (Å²) in [5.74, 6) is 7.67. The van der Waals surface area contributed by atoms with Crippen molar-refractivity contribution in [3.63, 3.8) is 0 Å². The summed E-state index contributed by atoms with van der Waals surface area (Å²) in [4.78, 5) is 0. The first-order chi connectivity index (χ1) is 7.35. The Morgan fingerprint density at radius 2 is 2.40 bits per heavy atom. The van der Waals surface area contributed by atoms with Crippen LogP contribution in [0.3, 0.4) is 0 Å². The standard InChI is InChI=1S/C13H12O2/c1-2-3-4-7-12-8-10-13(15-12)9-5-6-11-14-13/h1,7-8,10H,5-6,9,11H2/b12-7+/t13-/m1/s1. The SMILES string of the molecule is C#CC#C/C=C1\C=C[C@@]2(CCCCO2)O1. The van der Waals surface area contributed by atoms with E-state index in [1.807, 2.05) is 12.2 Å². The first-order valence-corrected chi connectivity index (χ1v) is 5.03. The molecule has 0 aliphatic carbocycles. The summed E-state index contributed by atoms with van der Waals surface area (Å²) in [5.41, 5.74) is 0. The maximum atomic E-state index is 5.69. The Morgan fingerprint density at radius 3 is 3.13 bits per heavy atom. The van der Waals surface area contributed by atoms with E-state index in [0.29, 0.717) is 0 Å². The van der Waals surface area contributed by atoms with Crippen LogP contribution in [-0.2, 0) is 9.47 Å². The van der Waals surface area contributed by atoms with Crippen LogP contribution < -0.4 is 0 Å². The molecule has 0 radical (unpaired) electrons. The van der Waals surface area contributed by atoms with Crippen LogP contribution in [-0.4, -0.2) is 12.4 Å². The molecule has 15 heavy (non-hydrogen) atoms. The van der Waals surface area contributed by atoms with Gasteiger partial charge < -0.3 is 9.47 Å². The molecule has 2 aliphatic rings. The van der Waals surface area contributed by atoms with Gasteiger partial charge in [0.1, 0.15) is 5.76 Å². The molecular formula is C13H12O2. The minimum Gasteiger partial charge on any atom is -0.458 e. The van der Waals surface area contributed by atoms with Crippen LogP contribution in [0.5, 0.6) is 0 Å². The van der Waals surface area contributed by atoms with E-state index in [9.17, 15) is 0 Å². The highest BCUT2D eigenvalue weighted by molar-refractivity contribution is 5.34. The molecule has 2 heterocycles. The van der Waals surface area contributed by atoms with E-state index in [1.165, 1.54) is 0 Å². The van der Waals surface area contributed by atoms with Gasteiger partial charge in [-0.1, -0.05) is 5.92 Å². The van der Waals surface area contributed by atoms with E-state index in [0.717, 1.165) is 31.6 Å². The highest BCUT2D eigenvalue weighted by Crippen LogP contribution is 2.34. The summed E-state index contributed by atoms with van der Waals surface area (Å²) in [5, 5.41) is 0. The summed E-state index contributed by atoms with van der Waals surface area (Å²) in [6.45, 7) is 0.758. The predicted molar refractivity (Wildman–Crippen MR) is 57.5 cm³/mol. The summed E-state index contributed by atoms with van der Waals surface area (Å²) in [6.07, 6.45) is 13.7. The first-order valence-electron chi connectivity index (χ1n) is 5.03. The number of hydrogen-bond acceptors (Lipinski definition) is 2. The molecule has 0 aromatic rings. The van der Waals surface area contributed by atoms with Gasteiger partial charge in [-0.2, -0.15) is 0 Å². The molecule has 0 aromatic carbocycles. The van der Waals surface area contributed by atoms with Gasteiger partial charge in [-0.05, 0) is 36.8 Å². The molecule has 0 bridgehead atoms. The lowest BCUT2D eigenvalue weighted by molar-refractivity contribution is -0.191. The monoisotopic (exact) mass is 200 g/mol. The van der Waals surface area contributed by atoms with E-state index in [1.54, 1.807) is 6.08 Å². The fourth-order valence-corrected chi connectivity index (χ4v) is 1.71. The molecule has 1 atom stereocenters. The Balaban J connectivity index is 2.04. The van der Waals surface area contributed by atoms with Crippen molar-refractivity contribution >= 4 is 0 Å². The van der Waals surface area contributed by atoms with E-state index >= 15 is 0 Å². The molecule has 0 aromatic heterocycles. The lowest BCUT2D eigenvalue weighted by Crippen LogP contribution is -2.34. The molecular weight excluding hydrogens is 188 g/mol. The minimum absolute atomic E-state index is 0.526. The van der Waals surface area contributed by atoms with Crippen LogP contribution in [0.1, 0.15) is 19.3 Å². The summed E-state index contributed by atoms with van der Waals surface area (Å²) in [7, 11) is 0. The number of rotatable bonds is 0. The van der Waals surface area contributed by atoms with Crippen LogP contribution in [0.25, 0.3) is 0 Å². The third kappa shape index (κ3) is 2.24. The van der Waals surface area contributed by atoms with Crippen molar-refractivity contribution in [2.75, 3.05) is 6.61 Å². The normalized spacial score (nSPS) is 30.7. The largest absolute Gasteiger partial charge is 0.458 e. The van der Waals surface area contributed by atoms with Gasteiger partial charge in [0.2, 0.25) is 5.79 Å². The first kappa shape index (κ1) is 9.90. The molecule has 0 unspecified atom stereocenters. The van der Waals surface area contributed by atoms with Crippen molar-refractivity contribution in [2.45, 2.75) is 25.0 Å². The topological polar surface area (TPSA) is 18.5 Å². The summed E-state index contributed by atoms with van der Waals surface area (Å²) >= 11 is 0. The van der Waals surface area contributed by atoms with Gasteiger partial charge in [0, 0.05) is 12.5 Å². The second kappa shape index (κ2) is 4.26. The molecule has 1 saturated heterocycles. The van der Waals surface area contributed by atoms with E-state index in [-0.39, 0.29) is 0 Å². The van der Waals surface area contributed by atoms with Gasteiger partial charge in [-0.15, -0.1) is 6.42 Å². The zero-order valence-electron chi connectivity index (χ0n) is 8.45. The zero-order chi connectivity index (χ0) is 10.6. The Kier molecular flexibility index (Phi) is 2.81. The van der Waals surface area contributed by atoms with Crippen LogP contribution in [0, 0.1) is 24.2 Å². The molecule has 0 amide bonds. The highest BCUT2D eigenvalue weighted by atomic mass is 16.7. The third-order valence-corrected chi connectivity index (χ3v) is 2.42. The fraction of sp³-hybridized carbons (Fsp3) is 0.385. The Bertz CT molecular complexity index is 392.